The van der Waals surface area contributed by atoms with Crippen LogP contribution in [0, 0.1) is 0 Å². The zero-order valence-corrected chi connectivity index (χ0v) is 9.75. The molecular weight excluding hydrogens is 227 g/mol. The fourth-order valence-corrected chi connectivity index (χ4v) is 2.46. The van der Waals surface area contributed by atoms with Gasteiger partial charge in [0.2, 0.25) is 0 Å². The summed E-state index contributed by atoms with van der Waals surface area (Å²) in [6, 6.07) is 19.1. The average molecular weight is 238 g/mol. The monoisotopic (exact) mass is 237 g/mol. The maximum absolute atomic E-state index is 12.0. The van der Waals surface area contributed by atoms with Crippen molar-refractivity contribution in [3.63, 3.8) is 0 Å². The molecule has 3 heteroatoms. The Bertz CT molecular complexity index is 386. The molecule has 0 amide bonds. The topological polar surface area (TPSA) is 17.1 Å². The fraction of sp³-hybridized carbons (Fsp3) is 0. The van der Waals surface area contributed by atoms with Gasteiger partial charge in [-0.15, -0.1) is 12.4 Å². The van der Waals surface area contributed by atoms with E-state index in [4.69, 9.17) is 0 Å². The number of rotatable bonds is 2. The first-order chi connectivity index (χ1) is 6.88. The lowest BCUT2D eigenvalue weighted by Gasteiger charge is -1.99. The second-order valence-electron chi connectivity index (χ2n) is 2.97. The lowest BCUT2D eigenvalue weighted by Crippen LogP contribution is -2.04. The second kappa shape index (κ2) is 5.65. The molecule has 0 saturated carbocycles. The van der Waals surface area contributed by atoms with Crippen molar-refractivity contribution in [1.29, 1.82) is 0 Å². The van der Waals surface area contributed by atoms with Gasteiger partial charge in [-0.1, -0.05) is 36.4 Å². The average Bonchev–Trinajstić information content (AvgIpc) is 2.30. The molecular formula is C12H11ClOP. The summed E-state index contributed by atoms with van der Waals surface area (Å²) in [5, 5.41) is 1.77. The van der Waals surface area contributed by atoms with E-state index in [0.29, 0.717) is 0 Å². The van der Waals surface area contributed by atoms with Gasteiger partial charge in [0.25, 0.3) is 0 Å². The van der Waals surface area contributed by atoms with Gasteiger partial charge >= 0.3 is 0 Å². The molecule has 0 fully saturated rings. The van der Waals surface area contributed by atoms with Crippen molar-refractivity contribution in [2.75, 3.05) is 0 Å². The summed E-state index contributed by atoms with van der Waals surface area (Å²) >= 11 is 0. The third-order valence-electron chi connectivity index (χ3n) is 1.98. The van der Waals surface area contributed by atoms with E-state index in [2.05, 4.69) is 0 Å². The molecule has 2 rings (SSSR count). The molecule has 0 unspecified atom stereocenters. The summed E-state index contributed by atoms with van der Waals surface area (Å²) in [5.74, 6) is 0. The van der Waals surface area contributed by atoms with Crippen LogP contribution in [0.1, 0.15) is 0 Å². The van der Waals surface area contributed by atoms with E-state index >= 15 is 0 Å². The molecule has 2 aromatic rings. The van der Waals surface area contributed by atoms with Gasteiger partial charge in [-0.2, -0.15) is 0 Å². The van der Waals surface area contributed by atoms with E-state index < -0.39 is 7.80 Å². The standard InChI is InChI=1S/C12H10OP.ClH/c13-14(11-7-3-1-4-8-11)12-9-5-2-6-10-12;/h1-10H;1H. The summed E-state index contributed by atoms with van der Waals surface area (Å²) in [5.41, 5.74) is 0. The number of hydrogen-bond acceptors (Lipinski definition) is 1. The van der Waals surface area contributed by atoms with Crippen LogP contribution < -0.4 is 10.6 Å². The molecule has 0 N–H and O–H groups in total. The Balaban J connectivity index is 0.00000112. The van der Waals surface area contributed by atoms with E-state index in [-0.39, 0.29) is 12.4 Å². The zero-order valence-electron chi connectivity index (χ0n) is 8.04. The van der Waals surface area contributed by atoms with Crippen molar-refractivity contribution in [2.24, 2.45) is 0 Å². The molecule has 0 aliphatic carbocycles. The highest BCUT2D eigenvalue weighted by atomic mass is 35.5. The van der Waals surface area contributed by atoms with Gasteiger partial charge in [0.1, 0.15) is 7.80 Å². The maximum Gasteiger partial charge on any atom is 0.136 e. The van der Waals surface area contributed by atoms with Crippen LogP contribution in [0.4, 0.5) is 0 Å². The van der Waals surface area contributed by atoms with E-state index in [1.165, 1.54) is 0 Å². The Hall–Kier alpha value is -1.17. The molecule has 77 valence electrons. The maximum atomic E-state index is 12.0. The van der Waals surface area contributed by atoms with Crippen molar-refractivity contribution in [2.45, 2.75) is 0 Å². The molecule has 1 nitrogen and oxygen atoms in total. The van der Waals surface area contributed by atoms with Gasteiger partial charge in [0.15, 0.2) is 0 Å². The zero-order chi connectivity index (χ0) is 9.80. The molecule has 0 aromatic heterocycles. The third kappa shape index (κ3) is 2.89. The fourth-order valence-electron chi connectivity index (χ4n) is 1.28. The number of benzene rings is 2. The van der Waals surface area contributed by atoms with Crippen molar-refractivity contribution >= 4 is 30.8 Å². The third-order valence-corrected chi connectivity index (χ3v) is 3.52. The second-order valence-corrected chi connectivity index (χ2v) is 4.59. The smallest absolute Gasteiger partial charge is 0.136 e. The van der Waals surface area contributed by atoms with Crippen molar-refractivity contribution in [1.82, 2.24) is 0 Å². The molecule has 0 heterocycles. The normalized spacial score (nSPS) is 9.07. The first kappa shape index (κ1) is 11.9. The first-order valence-corrected chi connectivity index (χ1v) is 5.71. The molecule has 0 spiro atoms. The van der Waals surface area contributed by atoms with Crippen LogP contribution in [0.15, 0.2) is 60.7 Å². The first-order valence-electron chi connectivity index (χ1n) is 4.45. The van der Waals surface area contributed by atoms with Crippen LogP contribution in [-0.2, 0) is 4.57 Å². The number of hydrogen-bond donors (Lipinski definition) is 0. The molecule has 0 saturated heterocycles. The van der Waals surface area contributed by atoms with Crippen molar-refractivity contribution in [3.05, 3.63) is 60.7 Å². The molecule has 1 radical (unpaired) electrons. The Morgan fingerprint density at radius 3 is 1.33 bits per heavy atom. The van der Waals surface area contributed by atoms with Crippen LogP contribution in [0.2, 0.25) is 0 Å². The molecule has 0 aliphatic heterocycles. The Morgan fingerprint density at radius 1 is 0.667 bits per heavy atom. The minimum Gasteiger partial charge on any atom is -0.277 e. The predicted molar refractivity (Wildman–Crippen MR) is 67.0 cm³/mol. The molecule has 0 aliphatic rings. The Labute approximate surface area is 96.3 Å². The van der Waals surface area contributed by atoms with Gasteiger partial charge in [0.05, 0.1) is 0 Å². The van der Waals surface area contributed by atoms with Crippen LogP contribution in [0.3, 0.4) is 0 Å². The summed E-state index contributed by atoms with van der Waals surface area (Å²) < 4.78 is 12.0. The van der Waals surface area contributed by atoms with Gasteiger partial charge in [-0.25, -0.2) is 0 Å². The molecule has 0 bridgehead atoms. The van der Waals surface area contributed by atoms with Crippen molar-refractivity contribution < 1.29 is 4.57 Å². The van der Waals surface area contributed by atoms with Crippen LogP contribution in [0.5, 0.6) is 0 Å². The van der Waals surface area contributed by atoms with Gasteiger partial charge < -0.3 is 0 Å². The van der Waals surface area contributed by atoms with Crippen LogP contribution in [-0.4, -0.2) is 0 Å². The van der Waals surface area contributed by atoms with Crippen molar-refractivity contribution in [3.8, 4) is 0 Å². The molecule has 2 aromatic carbocycles. The molecule has 0 atom stereocenters. The lowest BCUT2D eigenvalue weighted by atomic mass is 10.4. The summed E-state index contributed by atoms with van der Waals surface area (Å²) in [6.45, 7) is 0. The predicted octanol–water partition coefficient (Wildman–Crippen LogP) is 2.89. The van der Waals surface area contributed by atoms with E-state index in [9.17, 15) is 4.57 Å². The highest BCUT2D eigenvalue weighted by Gasteiger charge is 2.05. The van der Waals surface area contributed by atoms with Gasteiger partial charge in [-0.3, -0.25) is 4.57 Å². The highest BCUT2D eigenvalue weighted by Crippen LogP contribution is 2.18. The minimum absolute atomic E-state index is 0. The summed E-state index contributed by atoms with van der Waals surface area (Å²) in [6.07, 6.45) is 0. The van der Waals surface area contributed by atoms with Crippen LogP contribution in [0.25, 0.3) is 0 Å². The van der Waals surface area contributed by atoms with Gasteiger partial charge in [0, 0.05) is 10.6 Å². The summed E-state index contributed by atoms with van der Waals surface area (Å²) in [4.78, 5) is 0. The SMILES string of the molecule is Cl.O=[P](c1ccccc1)c1ccccc1. The quantitative estimate of drug-likeness (QED) is 0.734. The van der Waals surface area contributed by atoms with Gasteiger partial charge in [-0.05, 0) is 24.3 Å². The lowest BCUT2D eigenvalue weighted by molar-refractivity contribution is 0.598. The Morgan fingerprint density at radius 2 is 1.00 bits per heavy atom. The minimum atomic E-state index is -1.42. The number of halogens is 1. The van der Waals surface area contributed by atoms with Crippen LogP contribution >= 0.6 is 20.2 Å². The summed E-state index contributed by atoms with van der Waals surface area (Å²) in [7, 11) is -1.42. The van der Waals surface area contributed by atoms with E-state index in [0.717, 1.165) is 10.6 Å². The highest BCUT2D eigenvalue weighted by molar-refractivity contribution is 7.61. The van der Waals surface area contributed by atoms with E-state index in [1.54, 1.807) is 0 Å². The largest absolute Gasteiger partial charge is 0.277 e. The van der Waals surface area contributed by atoms with E-state index in [1.807, 2.05) is 60.7 Å². The molecule has 15 heavy (non-hydrogen) atoms. The Kier molecular flexibility index (Phi) is 4.48.